The maximum Gasteiger partial charge on any atom is 0.251 e. The minimum Gasteiger partial charge on any atom is -0.350 e. The summed E-state index contributed by atoms with van der Waals surface area (Å²) in [7, 11) is 0. The third-order valence-corrected chi connectivity index (χ3v) is 4.72. The molecule has 0 bridgehead atoms. The van der Waals surface area contributed by atoms with Gasteiger partial charge in [0.05, 0.1) is 0 Å². The second-order valence-corrected chi connectivity index (χ2v) is 9.17. The molecule has 0 fully saturated rings. The van der Waals surface area contributed by atoms with Gasteiger partial charge in [-0.1, -0.05) is 65.8 Å². The zero-order valence-electron chi connectivity index (χ0n) is 17.8. The summed E-state index contributed by atoms with van der Waals surface area (Å²) in [4.78, 5) is 24.5. The molecule has 0 heterocycles. The van der Waals surface area contributed by atoms with Crippen molar-refractivity contribution in [2.45, 2.75) is 52.4 Å². The highest BCUT2D eigenvalue weighted by Crippen LogP contribution is 2.23. The minimum absolute atomic E-state index is 0.0599. The lowest BCUT2D eigenvalue weighted by Gasteiger charge is -2.19. The van der Waals surface area contributed by atoms with E-state index in [0.29, 0.717) is 24.2 Å². The summed E-state index contributed by atoms with van der Waals surface area (Å²) in [5.74, 6) is -0.270. The number of hydrogen-bond donors (Lipinski definition) is 2. The molecule has 0 aliphatic rings. The first kappa shape index (κ1) is 21.7. The quantitative estimate of drug-likeness (QED) is 0.753. The van der Waals surface area contributed by atoms with Crippen LogP contribution in [0.2, 0.25) is 0 Å². The summed E-state index contributed by atoms with van der Waals surface area (Å²) >= 11 is 0. The number of benzene rings is 2. The first-order chi connectivity index (χ1) is 13.0. The Labute approximate surface area is 168 Å². The van der Waals surface area contributed by atoms with Crippen LogP contribution in [0.3, 0.4) is 0 Å². The third kappa shape index (κ3) is 5.95. The second kappa shape index (κ2) is 8.59. The largest absolute Gasteiger partial charge is 0.350 e. The lowest BCUT2D eigenvalue weighted by Crippen LogP contribution is -2.34. The molecule has 150 valence electrons. The van der Waals surface area contributed by atoms with Crippen LogP contribution in [0, 0.1) is 0 Å². The summed E-state index contributed by atoms with van der Waals surface area (Å²) < 4.78 is 0. The van der Waals surface area contributed by atoms with Crippen LogP contribution < -0.4 is 10.6 Å². The summed E-state index contributed by atoms with van der Waals surface area (Å²) in [5.41, 5.74) is 3.74. The Morgan fingerprint density at radius 2 is 0.893 bits per heavy atom. The van der Waals surface area contributed by atoms with Gasteiger partial charge in [-0.15, -0.1) is 0 Å². The van der Waals surface area contributed by atoms with E-state index in [4.69, 9.17) is 0 Å². The van der Waals surface area contributed by atoms with E-state index in [0.717, 1.165) is 0 Å². The highest BCUT2D eigenvalue weighted by atomic mass is 16.2. The monoisotopic (exact) mass is 380 g/mol. The van der Waals surface area contributed by atoms with E-state index in [-0.39, 0.29) is 22.6 Å². The maximum atomic E-state index is 12.2. The molecule has 0 aromatic heterocycles. The van der Waals surface area contributed by atoms with Gasteiger partial charge < -0.3 is 10.6 Å². The molecule has 0 aliphatic carbocycles. The fourth-order valence-corrected chi connectivity index (χ4v) is 2.80. The minimum atomic E-state index is -0.135. The molecule has 28 heavy (non-hydrogen) atoms. The Morgan fingerprint density at radius 3 is 1.14 bits per heavy atom. The van der Waals surface area contributed by atoms with E-state index in [1.165, 1.54) is 11.1 Å². The van der Waals surface area contributed by atoms with Gasteiger partial charge in [0.2, 0.25) is 0 Å². The predicted molar refractivity (Wildman–Crippen MR) is 115 cm³/mol. The van der Waals surface area contributed by atoms with Crippen LogP contribution in [-0.4, -0.2) is 24.9 Å². The van der Waals surface area contributed by atoms with Crippen molar-refractivity contribution in [1.29, 1.82) is 0 Å². The first-order valence-electron chi connectivity index (χ1n) is 9.76. The molecular formula is C24H32N2O2. The van der Waals surface area contributed by atoms with Crippen molar-refractivity contribution in [3.8, 4) is 0 Å². The molecule has 2 amide bonds. The Balaban J connectivity index is 1.80. The van der Waals surface area contributed by atoms with Crippen molar-refractivity contribution >= 4 is 11.8 Å². The fourth-order valence-electron chi connectivity index (χ4n) is 2.80. The van der Waals surface area contributed by atoms with Gasteiger partial charge in [0.1, 0.15) is 0 Å². The van der Waals surface area contributed by atoms with Crippen LogP contribution in [0.25, 0.3) is 0 Å². The molecule has 0 unspecified atom stereocenters. The van der Waals surface area contributed by atoms with E-state index >= 15 is 0 Å². The molecule has 4 heteroatoms. The molecule has 0 spiro atoms. The Bertz CT molecular complexity index is 736. The second-order valence-electron chi connectivity index (χ2n) is 9.17. The van der Waals surface area contributed by atoms with Gasteiger partial charge >= 0.3 is 0 Å². The van der Waals surface area contributed by atoms with Crippen LogP contribution in [0.4, 0.5) is 0 Å². The van der Waals surface area contributed by atoms with Gasteiger partial charge in [0.25, 0.3) is 11.8 Å². The maximum absolute atomic E-state index is 12.2. The summed E-state index contributed by atoms with van der Waals surface area (Å²) in [6.07, 6.45) is 0. The van der Waals surface area contributed by atoms with Gasteiger partial charge in [-0.3, -0.25) is 9.59 Å². The number of hydrogen-bond acceptors (Lipinski definition) is 2. The summed E-state index contributed by atoms with van der Waals surface area (Å²) in [6.45, 7) is 13.6. The van der Waals surface area contributed by atoms with Crippen molar-refractivity contribution in [2.75, 3.05) is 13.1 Å². The number of carbonyl (C=O) groups excluding carboxylic acids is 2. The standard InChI is InChI=1S/C24H32N2O2/c1-23(2,3)19-11-7-17(8-12-19)21(27)25-15-16-26-22(28)18-9-13-20(14-10-18)24(4,5)6/h7-14H,15-16H2,1-6H3,(H,25,27)(H,26,28). The molecule has 2 N–H and O–H groups in total. The summed E-state index contributed by atoms with van der Waals surface area (Å²) in [5, 5.41) is 5.68. The number of amides is 2. The molecule has 0 atom stereocenters. The molecule has 2 aromatic rings. The van der Waals surface area contributed by atoms with E-state index < -0.39 is 0 Å². The lowest BCUT2D eigenvalue weighted by atomic mass is 9.86. The fraction of sp³-hybridized carbons (Fsp3) is 0.417. The van der Waals surface area contributed by atoms with Crippen LogP contribution in [0.15, 0.2) is 48.5 Å². The van der Waals surface area contributed by atoms with Gasteiger partial charge in [0.15, 0.2) is 0 Å². The number of carbonyl (C=O) groups is 2. The van der Waals surface area contributed by atoms with Crippen LogP contribution >= 0.6 is 0 Å². The van der Waals surface area contributed by atoms with Crippen molar-refractivity contribution in [3.05, 3.63) is 70.8 Å². The number of rotatable bonds is 5. The van der Waals surface area contributed by atoms with Gasteiger partial charge in [0, 0.05) is 24.2 Å². The van der Waals surface area contributed by atoms with Gasteiger partial charge in [-0.05, 0) is 46.2 Å². The first-order valence-corrected chi connectivity index (χ1v) is 9.76. The zero-order valence-corrected chi connectivity index (χ0v) is 17.8. The highest BCUT2D eigenvalue weighted by Gasteiger charge is 2.15. The van der Waals surface area contributed by atoms with Crippen LogP contribution in [0.5, 0.6) is 0 Å². The van der Waals surface area contributed by atoms with E-state index in [9.17, 15) is 9.59 Å². The third-order valence-electron chi connectivity index (χ3n) is 4.72. The highest BCUT2D eigenvalue weighted by molar-refractivity contribution is 5.95. The van der Waals surface area contributed by atoms with Crippen molar-refractivity contribution in [2.24, 2.45) is 0 Å². The average Bonchev–Trinajstić information content (AvgIpc) is 2.63. The Hall–Kier alpha value is -2.62. The zero-order chi connectivity index (χ0) is 20.9. The lowest BCUT2D eigenvalue weighted by molar-refractivity contribution is 0.0927. The van der Waals surface area contributed by atoms with E-state index in [1.807, 2.05) is 48.5 Å². The molecule has 0 saturated heterocycles. The topological polar surface area (TPSA) is 58.2 Å². The van der Waals surface area contributed by atoms with E-state index in [2.05, 4.69) is 52.2 Å². The van der Waals surface area contributed by atoms with Crippen LogP contribution in [-0.2, 0) is 10.8 Å². The van der Waals surface area contributed by atoms with Crippen molar-refractivity contribution in [3.63, 3.8) is 0 Å². The van der Waals surface area contributed by atoms with Gasteiger partial charge in [-0.25, -0.2) is 0 Å². The number of nitrogens with one attached hydrogen (secondary N) is 2. The van der Waals surface area contributed by atoms with Crippen molar-refractivity contribution < 1.29 is 9.59 Å². The smallest absolute Gasteiger partial charge is 0.251 e. The molecular weight excluding hydrogens is 348 g/mol. The van der Waals surface area contributed by atoms with Gasteiger partial charge in [-0.2, -0.15) is 0 Å². The normalized spacial score (nSPS) is 11.8. The van der Waals surface area contributed by atoms with Crippen LogP contribution in [0.1, 0.15) is 73.4 Å². The van der Waals surface area contributed by atoms with E-state index in [1.54, 1.807) is 0 Å². The Morgan fingerprint density at radius 1 is 0.607 bits per heavy atom. The predicted octanol–water partition coefficient (Wildman–Crippen LogP) is 4.44. The van der Waals surface area contributed by atoms with Crippen molar-refractivity contribution in [1.82, 2.24) is 10.6 Å². The Kier molecular flexibility index (Phi) is 6.65. The molecule has 2 aromatic carbocycles. The average molecular weight is 381 g/mol. The molecule has 0 aliphatic heterocycles. The summed E-state index contributed by atoms with van der Waals surface area (Å²) in [6, 6.07) is 15.3. The molecule has 0 saturated carbocycles. The molecule has 4 nitrogen and oxygen atoms in total. The molecule has 2 rings (SSSR count). The molecule has 0 radical (unpaired) electrons. The SMILES string of the molecule is CC(C)(C)c1ccc(C(=O)NCCNC(=O)c2ccc(C(C)(C)C)cc2)cc1.